The standard InChI is InChI=1S/C76H88O16S8/c1-49-17-25-57(26-18-49)97(77,78)89-37-33-85-69-61-41-53(73(5,6)7)42-62(69)94-64-44-55(75(11,12)13)46-66(71(64)87-35-39-91-99(81,82)59-29-21-51(3)22-30-59)96-68-48-56(76(14,15)16)47-67(72(68)88-36-40-92-100(83,84)60-31-23-52(4)24-32-60)95-65-45-54(74(8,9)10)43-63(93-61)70(65)86-34-38-90-98(79,80)58-27-19-50(2)20-28-58/h17-32,41-48H,33-40H2,1-16H3. The highest BCUT2D eigenvalue weighted by molar-refractivity contribution is 8.01. The molecule has 100 heavy (non-hydrogen) atoms. The maximum Gasteiger partial charge on any atom is 0.297 e. The minimum atomic E-state index is -4.23. The Kier molecular flexibility index (Phi) is 24.6. The smallest absolute Gasteiger partial charge is 0.297 e. The van der Waals surface area contributed by atoms with Crippen LogP contribution in [0.15, 0.2) is 204 Å². The Morgan fingerprint density at radius 3 is 0.540 bits per heavy atom. The molecule has 8 aromatic carbocycles. The molecule has 0 saturated heterocycles. The Hall–Kier alpha value is -6.00. The zero-order valence-electron chi connectivity index (χ0n) is 59.3. The molecule has 16 nitrogen and oxygen atoms in total. The molecule has 8 aromatic rings. The van der Waals surface area contributed by atoms with Gasteiger partial charge in [-0.1, -0.05) is 201 Å². The van der Waals surface area contributed by atoms with E-state index in [9.17, 15) is 33.7 Å². The van der Waals surface area contributed by atoms with Crippen molar-refractivity contribution < 1.29 is 69.4 Å². The molecule has 0 unspecified atom stereocenters. The van der Waals surface area contributed by atoms with Crippen LogP contribution in [0.25, 0.3) is 0 Å². The van der Waals surface area contributed by atoms with Crippen molar-refractivity contribution in [2.45, 2.75) is 191 Å². The first kappa shape index (κ1) is 78.1. The van der Waals surface area contributed by atoms with Crippen LogP contribution in [-0.2, 0) is 78.9 Å². The predicted molar refractivity (Wildman–Crippen MR) is 396 cm³/mol. The van der Waals surface area contributed by atoms with E-state index in [2.05, 4.69) is 83.1 Å². The van der Waals surface area contributed by atoms with Gasteiger partial charge < -0.3 is 18.9 Å². The summed E-state index contributed by atoms with van der Waals surface area (Å²) in [5.41, 5.74) is 5.06. The highest BCUT2D eigenvalue weighted by atomic mass is 32.2. The molecule has 0 aliphatic carbocycles. The van der Waals surface area contributed by atoms with E-state index in [4.69, 9.17) is 35.7 Å². The lowest BCUT2D eigenvalue weighted by molar-refractivity contribution is 0.213. The summed E-state index contributed by atoms with van der Waals surface area (Å²) in [7, 11) is -16.9. The number of aryl methyl sites for hydroxylation is 4. The minimum absolute atomic E-state index is 0.0118. The average molecular weight is 1510 g/mol. The monoisotopic (exact) mass is 1510 g/mol. The van der Waals surface area contributed by atoms with Crippen molar-refractivity contribution in [1.82, 2.24) is 0 Å². The van der Waals surface area contributed by atoms with Gasteiger partial charge in [0.05, 0.1) is 58.7 Å². The molecule has 1 aliphatic heterocycles. The Morgan fingerprint density at radius 2 is 0.400 bits per heavy atom. The van der Waals surface area contributed by atoms with Crippen molar-refractivity contribution in [3.8, 4) is 23.0 Å². The van der Waals surface area contributed by atoms with Crippen molar-refractivity contribution >= 4 is 87.5 Å². The van der Waals surface area contributed by atoms with Gasteiger partial charge in [-0.25, -0.2) is 0 Å². The third-order valence-corrected chi connectivity index (χ3v) is 25.4. The van der Waals surface area contributed by atoms with Gasteiger partial charge in [0.1, 0.15) is 75.9 Å². The Balaban J connectivity index is 1.29. The zero-order chi connectivity index (χ0) is 73.0. The summed E-state index contributed by atoms with van der Waals surface area (Å²) in [6.45, 7) is 30.1. The van der Waals surface area contributed by atoms with E-state index >= 15 is 0 Å². The lowest BCUT2D eigenvalue weighted by Crippen LogP contribution is -2.16. The van der Waals surface area contributed by atoms with Crippen LogP contribution in [0, 0.1) is 27.7 Å². The molecule has 24 heteroatoms. The molecule has 0 N–H and O–H groups in total. The van der Waals surface area contributed by atoms with E-state index in [1.807, 2.05) is 76.2 Å². The van der Waals surface area contributed by atoms with Crippen LogP contribution < -0.4 is 18.9 Å². The zero-order valence-corrected chi connectivity index (χ0v) is 65.8. The third kappa shape index (κ3) is 20.2. The maximum absolute atomic E-state index is 13.7. The normalized spacial score (nSPS) is 13.4. The summed E-state index contributed by atoms with van der Waals surface area (Å²) >= 11 is 5.36. The molecule has 0 fully saturated rings. The van der Waals surface area contributed by atoms with Crippen LogP contribution in [0.5, 0.6) is 23.0 Å². The van der Waals surface area contributed by atoms with Crippen LogP contribution in [0.4, 0.5) is 0 Å². The number of benzene rings is 8. The van der Waals surface area contributed by atoms with Gasteiger partial charge in [-0.2, -0.15) is 33.7 Å². The second-order valence-electron chi connectivity index (χ2n) is 28.4. The molecule has 9 rings (SSSR count). The van der Waals surface area contributed by atoms with Crippen LogP contribution in [0.1, 0.15) is 128 Å². The first-order valence-electron chi connectivity index (χ1n) is 32.5. The lowest BCUT2D eigenvalue weighted by atomic mass is 9.87. The number of rotatable bonds is 24. The molecule has 0 radical (unpaired) electrons. The van der Waals surface area contributed by atoms with Crippen LogP contribution >= 0.6 is 47.0 Å². The van der Waals surface area contributed by atoms with E-state index in [0.717, 1.165) is 44.5 Å². The molecule has 8 bridgehead atoms. The van der Waals surface area contributed by atoms with E-state index in [1.54, 1.807) is 48.5 Å². The van der Waals surface area contributed by atoms with Gasteiger partial charge in [-0.15, -0.1) is 0 Å². The number of hydrogen-bond donors (Lipinski definition) is 0. The quantitative estimate of drug-likeness (QED) is 0.0406. The van der Waals surface area contributed by atoms with Crippen molar-refractivity contribution in [1.29, 1.82) is 0 Å². The second kappa shape index (κ2) is 31.5. The maximum atomic E-state index is 13.7. The van der Waals surface area contributed by atoms with Gasteiger partial charge in [0.2, 0.25) is 0 Å². The van der Waals surface area contributed by atoms with Crippen molar-refractivity contribution in [2.24, 2.45) is 0 Å². The first-order valence-corrected chi connectivity index (χ1v) is 41.4. The highest BCUT2D eigenvalue weighted by Crippen LogP contribution is 2.57. The first-order chi connectivity index (χ1) is 46.7. The van der Waals surface area contributed by atoms with Gasteiger partial charge >= 0.3 is 0 Å². The second-order valence-corrected chi connectivity index (χ2v) is 39.2. The third-order valence-electron chi connectivity index (χ3n) is 15.9. The molecule has 0 atom stereocenters. The molecular weight excluding hydrogens is 1430 g/mol. The average Bonchev–Trinajstić information content (AvgIpc) is 0.761. The Labute approximate surface area is 609 Å². The van der Waals surface area contributed by atoms with E-state index in [0.29, 0.717) is 62.2 Å². The molecule has 0 amide bonds. The topological polar surface area (TPSA) is 210 Å². The fraction of sp³-hybridized carbons (Fsp3) is 0.368. The minimum Gasteiger partial charge on any atom is -0.489 e. The molecule has 0 spiro atoms. The SMILES string of the molecule is Cc1ccc(S(=O)(=O)OCCOc2c3cc(C(C)(C)C)cc2Sc2cc(C(C)(C)C)cc(c2OCCOS(=O)(=O)c2ccc(C)cc2)Sc2cc(C(C)(C)C)cc(c2OCCOS(=O)(=O)c2ccc(C)cc2)Sc2cc(C(C)(C)C)cc(c2OCCOS(=O)(=O)c2ccc(C)cc2)S3)cc1. The van der Waals surface area contributed by atoms with Crippen LogP contribution in [-0.4, -0.2) is 86.5 Å². The molecule has 0 saturated carbocycles. The van der Waals surface area contributed by atoms with Gasteiger partial charge in [-0.05, 0) is 169 Å². The summed E-state index contributed by atoms with van der Waals surface area (Å²) in [6.07, 6.45) is 0. The number of hydrogen-bond acceptors (Lipinski definition) is 20. The highest BCUT2D eigenvalue weighted by Gasteiger charge is 2.32. The van der Waals surface area contributed by atoms with Crippen LogP contribution in [0.3, 0.4) is 0 Å². The van der Waals surface area contributed by atoms with Gasteiger partial charge in [-0.3, -0.25) is 16.7 Å². The summed E-state index contributed by atoms with van der Waals surface area (Å²) in [5.74, 6) is 1.43. The molecule has 536 valence electrons. The predicted octanol–water partition coefficient (Wildman–Crippen LogP) is 18.2. The van der Waals surface area contributed by atoms with E-state index < -0.39 is 62.1 Å². The van der Waals surface area contributed by atoms with Crippen molar-refractivity contribution in [2.75, 3.05) is 52.9 Å². The van der Waals surface area contributed by atoms with Crippen molar-refractivity contribution in [3.63, 3.8) is 0 Å². The van der Waals surface area contributed by atoms with E-state index in [1.165, 1.54) is 95.6 Å². The number of fused-ring (bicyclic) bond motifs is 8. The summed E-state index contributed by atoms with van der Waals surface area (Å²) in [6, 6.07) is 41.8. The fourth-order valence-electron chi connectivity index (χ4n) is 9.93. The molecule has 1 aliphatic rings. The Morgan fingerprint density at radius 1 is 0.250 bits per heavy atom. The molecule has 1 heterocycles. The van der Waals surface area contributed by atoms with Gasteiger partial charge in [0.15, 0.2) is 0 Å². The summed E-state index contributed by atoms with van der Waals surface area (Å²) < 4.78 is 160. The summed E-state index contributed by atoms with van der Waals surface area (Å²) in [4.78, 5) is 4.69. The summed E-state index contributed by atoms with van der Waals surface area (Å²) in [5, 5.41) is 0. The molecular formula is C76H88O16S8. The van der Waals surface area contributed by atoms with Crippen molar-refractivity contribution in [3.05, 3.63) is 190 Å². The largest absolute Gasteiger partial charge is 0.489 e. The lowest BCUT2D eigenvalue weighted by Gasteiger charge is -2.28. The Bertz CT molecular complexity index is 4030. The van der Waals surface area contributed by atoms with Gasteiger partial charge in [0, 0.05) is 0 Å². The van der Waals surface area contributed by atoms with Gasteiger partial charge in [0.25, 0.3) is 40.5 Å². The van der Waals surface area contributed by atoms with Crippen LogP contribution in [0.2, 0.25) is 0 Å². The fourth-order valence-corrected chi connectivity index (χ4v) is 18.3. The van der Waals surface area contributed by atoms with E-state index in [-0.39, 0.29) is 72.4 Å². The molecule has 0 aromatic heterocycles. The number of ether oxygens (including phenoxy) is 4.